The highest BCUT2D eigenvalue weighted by Crippen LogP contribution is 2.41. The first-order chi connectivity index (χ1) is 8.66. The molecule has 2 unspecified atom stereocenters. The molecule has 2 heterocycles. The Kier molecular flexibility index (Phi) is 3.29. The number of carbonyl (C=O) groups is 1. The van der Waals surface area contributed by atoms with Crippen molar-refractivity contribution < 1.29 is 4.79 Å². The lowest BCUT2D eigenvalue weighted by Crippen LogP contribution is -2.60. The lowest BCUT2D eigenvalue weighted by molar-refractivity contribution is -0.148. The average Bonchev–Trinajstić information content (AvgIpc) is 2.37. The number of piperidine rings is 1. The highest BCUT2D eigenvalue weighted by atomic mass is 35.5. The van der Waals surface area contributed by atoms with Crippen LogP contribution in [0, 0.1) is 0 Å². The summed E-state index contributed by atoms with van der Waals surface area (Å²) >= 11 is 8.53. The molecule has 1 aromatic carbocycles. The molecule has 3 rings (SSSR count). The van der Waals surface area contributed by atoms with E-state index in [1.54, 1.807) is 0 Å². The van der Waals surface area contributed by atoms with Crippen LogP contribution in [-0.4, -0.2) is 34.0 Å². The van der Waals surface area contributed by atoms with Gasteiger partial charge in [-0.15, -0.1) is 23.4 Å². The van der Waals surface area contributed by atoms with Crippen molar-refractivity contribution in [1.82, 2.24) is 4.90 Å². The fraction of sp³-hybridized carbons (Fsp3) is 0.500. The number of halogens is 1. The number of hydrogen-bond donors (Lipinski definition) is 0. The number of hydrogen-bond acceptors (Lipinski definition) is 2. The largest absolute Gasteiger partial charge is 0.339 e. The maximum absolute atomic E-state index is 11.3. The Morgan fingerprint density at radius 1 is 1.39 bits per heavy atom. The molecule has 0 spiro atoms. The molecule has 0 aromatic heterocycles. The molecule has 2 aliphatic heterocycles. The van der Waals surface area contributed by atoms with Gasteiger partial charge in [-0.2, -0.15) is 0 Å². The Labute approximate surface area is 117 Å². The molecule has 1 amide bonds. The number of carbonyl (C=O) groups excluding carboxylic acids is 1. The summed E-state index contributed by atoms with van der Waals surface area (Å²) in [6.07, 6.45) is 2.56. The van der Waals surface area contributed by atoms with Crippen LogP contribution in [0.2, 0.25) is 0 Å². The van der Waals surface area contributed by atoms with Gasteiger partial charge in [-0.1, -0.05) is 18.2 Å². The molecule has 0 radical (unpaired) electrons. The molecular formula is C14H16ClNOS. The second kappa shape index (κ2) is 4.78. The first-order valence-corrected chi connectivity index (χ1v) is 7.69. The molecule has 2 nitrogen and oxygen atoms in total. The second-order valence-electron chi connectivity index (χ2n) is 5.15. The van der Waals surface area contributed by atoms with Gasteiger partial charge in [0.15, 0.2) is 0 Å². The number of alkyl halides is 1. The zero-order valence-corrected chi connectivity index (χ0v) is 11.7. The average molecular weight is 282 g/mol. The van der Waals surface area contributed by atoms with Crippen molar-refractivity contribution in [3.05, 3.63) is 30.3 Å². The molecule has 2 atom stereocenters. The number of rotatable bonds is 3. The summed E-state index contributed by atoms with van der Waals surface area (Å²) in [7, 11) is 0. The Balaban J connectivity index is 1.58. The molecule has 0 aliphatic carbocycles. The number of β-lactam (4-membered cyclic amide) rings is 1. The van der Waals surface area contributed by atoms with Gasteiger partial charge in [0.1, 0.15) is 0 Å². The smallest absolute Gasteiger partial charge is 0.224 e. The van der Waals surface area contributed by atoms with E-state index < -0.39 is 0 Å². The molecule has 0 N–H and O–H groups in total. The molecule has 1 aromatic rings. The Bertz CT molecular complexity index is 452. The summed E-state index contributed by atoms with van der Waals surface area (Å²) in [5, 5.41) is 0. The SMILES string of the molecule is O=C1CC2CC(Cl)(CSc3ccccc3)CCN12. The van der Waals surface area contributed by atoms with Gasteiger partial charge in [-0.25, -0.2) is 0 Å². The molecule has 96 valence electrons. The normalized spacial score (nSPS) is 30.8. The molecule has 0 saturated carbocycles. The summed E-state index contributed by atoms with van der Waals surface area (Å²) in [4.78, 5) is 14.4. The topological polar surface area (TPSA) is 20.3 Å². The van der Waals surface area contributed by atoms with E-state index >= 15 is 0 Å². The predicted octanol–water partition coefficient (Wildman–Crippen LogP) is 3.15. The van der Waals surface area contributed by atoms with Crippen molar-refractivity contribution in [3.63, 3.8) is 0 Å². The quantitative estimate of drug-likeness (QED) is 0.482. The van der Waals surface area contributed by atoms with Crippen LogP contribution >= 0.6 is 23.4 Å². The van der Waals surface area contributed by atoms with Crippen LogP contribution in [0.1, 0.15) is 19.3 Å². The minimum atomic E-state index is -0.137. The molecule has 18 heavy (non-hydrogen) atoms. The molecule has 4 heteroatoms. The minimum absolute atomic E-state index is 0.137. The molecular weight excluding hydrogens is 266 g/mol. The summed E-state index contributed by atoms with van der Waals surface area (Å²) < 4.78 is 0. The highest BCUT2D eigenvalue weighted by molar-refractivity contribution is 7.99. The van der Waals surface area contributed by atoms with E-state index in [0.717, 1.165) is 25.1 Å². The lowest BCUT2D eigenvalue weighted by atomic mass is 9.84. The monoisotopic (exact) mass is 281 g/mol. The molecule has 2 saturated heterocycles. The van der Waals surface area contributed by atoms with Crippen LogP contribution < -0.4 is 0 Å². The fourth-order valence-electron chi connectivity index (χ4n) is 2.72. The summed E-state index contributed by atoms with van der Waals surface area (Å²) in [6.45, 7) is 0.836. The van der Waals surface area contributed by atoms with Crippen LogP contribution in [-0.2, 0) is 4.79 Å². The lowest BCUT2D eigenvalue weighted by Gasteiger charge is -2.49. The van der Waals surface area contributed by atoms with Crippen molar-refractivity contribution in [3.8, 4) is 0 Å². The van der Waals surface area contributed by atoms with Crippen molar-refractivity contribution >= 4 is 29.3 Å². The number of nitrogens with zero attached hydrogens (tertiary/aromatic N) is 1. The van der Waals surface area contributed by atoms with Crippen LogP contribution in [0.4, 0.5) is 0 Å². The van der Waals surface area contributed by atoms with Gasteiger partial charge in [-0.05, 0) is 25.0 Å². The number of fused-ring (bicyclic) bond motifs is 1. The maximum atomic E-state index is 11.3. The van der Waals surface area contributed by atoms with Crippen LogP contribution in [0.5, 0.6) is 0 Å². The third kappa shape index (κ3) is 2.39. The van der Waals surface area contributed by atoms with Gasteiger partial charge in [0.2, 0.25) is 5.91 Å². The maximum Gasteiger partial charge on any atom is 0.224 e. The van der Waals surface area contributed by atoms with Gasteiger partial charge < -0.3 is 4.90 Å². The van der Waals surface area contributed by atoms with Crippen molar-refractivity contribution in [1.29, 1.82) is 0 Å². The highest BCUT2D eigenvalue weighted by Gasteiger charge is 2.46. The summed E-state index contributed by atoms with van der Waals surface area (Å²) in [6, 6.07) is 10.8. The van der Waals surface area contributed by atoms with Gasteiger partial charge in [0, 0.05) is 29.7 Å². The van der Waals surface area contributed by atoms with E-state index in [2.05, 4.69) is 24.3 Å². The van der Waals surface area contributed by atoms with Crippen LogP contribution in [0.15, 0.2) is 35.2 Å². The predicted molar refractivity (Wildman–Crippen MR) is 75.1 cm³/mol. The van der Waals surface area contributed by atoms with Crippen LogP contribution in [0.3, 0.4) is 0 Å². The number of benzene rings is 1. The zero-order valence-electron chi connectivity index (χ0n) is 10.1. The van der Waals surface area contributed by atoms with Gasteiger partial charge in [0.05, 0.1) is 4.87 Å². The molecule has 0 bridgehead atoms. The number of amides is 1. The van der Waals surface area contributed by atoms with E-state index in [9.17, 15) is 4.79 Å². The zero-order chi connectivity index (χ0) is 12.6. The van der Waals surface area contributed by atoms with Crippen LogP contribution in [0.25, 0.3) is 0 Å². The van der Waals surface area contributed by atoms with Gasteiger partial charge in [0.25, 0.3) is 0 Å². The molecule has 2 fully saturated rings. The summed E-state index contributed by atoms with van der Waals surface area (Å²) in [5.74, 6) is 1.23. The third-order valence-corrected chi connectivity index (χ3v) is 5.75. The Hall–Kier alpha value is -0.670. The first-order valence-electron chi connectivity index (χ1n) is 6.33. The minimum Gasteiger partial charge on any atom is -0.339 e. The Morgan fingerprint density at radius 2 is 2.17 bits per heavy atom. The summed E-state index contributed by atoms with van der Waals surface area (Å²) in [5.41, 5.74) is 0. The Morgan fingerprint density at radius 3 is 2.83 bits per heavy atom. The van der Waals surface area contributed by atoms with Crippen molar-refractivity contribution in [2.75, 3.05) is 12.3 Å². The fourth-order valence-corrected chi connectivity index (χ4v) is 4.18. The van der Waals surface area contributed by atoms with E-state index in [4.69, 9.17) is 11.6 Å². The third-order valence-electron chi connectivity index (χ3n) is 3.81. The van der Waals surface area contributed by atoms with E-state index in [1.807, 2.05) is 22.7 Å². The van der Waals surface area contributed by atoms with Gasteiger partial charge >= 0.3 is 0 Å². The van der Waals surface area contributed by atoms with Crippen molar-refractivity contribution in [2.24, 2.45) is 0 Å². The first kappa shape index (κ1) is 12.4. The van der Waals surface area contributed by atoms with E-state index in [1.165, 1.54) is 4.90 Å². The molecule has 2 aliphatic rings. The second-order valence-corrected chi connectivity index (χ2v) is 7.00. The van der Waals surface area contributed by atoms with E-state index in [-0.39, 0.29) is 4.87 Å². The standard InChI is InChI=1S/C14H16ClNOS/c15-14(10-18-12-4-2-1-3-5-12)6-7-16-11(9-14)8-13(16)17/h1-5,11H,6-10H2. The van der Waals surface area contributed by atoms with Crippen molar-refractivity contribution in [2.45, 2.75) is 35.1 Å². The van der Waals surface area contributed by atoms with E-state index in [0.29, 0.717) is 18.4 Å². The number of thioether (sulfide) groups is 1. The van der Waals surface area contributed by atoms with Gasteiger partial charge in [-0.3, -0.25) is 4.79 Å².